The van der Waals surface area contributed by atoms with E-state index in [4.69, 9.17) is 5.11 Å². The monoisotopic (exact) mass is 343 g/mol. The molecule has 1 aliphatic heterocycles. The predicted molar refractivity (Wildman–Crippen MR) is 90.0 cm³/mol. The number of piperidine rings is 1. The molecule has 1 saturated heterocycles. The largest absolute Gasteiger partial charge is 0.478 e. The number of nitrogens with zero attached hydrogens (tertiary/aromatic N) is 4. The van der Waals surface area contributed by atoms with Gasteiger partial charge in [-0.05, 0) is 36.5 Å². The number of aromatic carboxylic acids is 1. The van der Waals surface area contributed by atoms with Crippen molar-refractivity contribution in [1.82, 2.24) is 25.2 Å². The Morgan fingerprint density at radius 2 is 1.92 bits per heavy atom. The van der Waals surface area contributed by atoms with Gasteiger partial charge >= 0.3 is 12.0 Å². The number of rotatable bonds is 5. The topological polar surface area (TPSA) is 100 Å². The third-order valence-corrected chi connectivity index (χ3v) is 4.46. The van der Waals surface area contributed by atoms with Crippen LogP contribution in [0.5, 0.6) is 0 Å². The smallest absolute Gasteiger partial charge is 0.335 e. The van der Waals surface area contributed by atoms with E-state index in [9.17, 15) is 9.59 Å². The summed E-state index contributed by atoms with van der Waals surface area (Å²) in [5, 5.41) is 19.6. The summed E-state index contributed by atoms with van der Waals surface area (Å²) >= 11 is 0. The Morgan fingerprint density at radius 1 is 1.20 bits per heavy atom. The lowest BCUT2D eigenvalue weighted by atomic mass is 9.97. The molecular weight excluding hydrogens is 322 g/mol. The summed E-state index contributed by atoms with van der Waals surface area (Å²) in [5.74, 6) is -0.446. The summed E-state index contributed by atoms with van der Waals surface area (Å²) in [4.78, 5) is 24.9. The van der Waals surface area contributed by atoms with Crippen LogP contribution in [0.15, 0.2) is 36.7 Å². The first-order chi connectivity index (χ1) is 12.1. The highest BCUT2D eigenvalue weighted by atomic mass is 16.4. The van der Waals surface area contributed by atoms with Gasteiger partial charge in [-0.3, -0.25) is 4.68 Å². The van der Waals surface area contributed by atoms with Gasteiger partial charge in [0.05, 0.1) is 11.8 Å². The summed E-state index contributed by atoms with van der Waals surface area (Å²) in [6, 6.07) is 6.43. The molecule has 0 bridgehead atoms. The molecule has 1 aromatic carbocycles. The van der Waals surface area contributed by atoms with Crippen molar-refractivity contribution in [2.75, 3.05) is 13.1 Å². The fourth-order valence-electron chi connectivity index (χ4n) is 2.97. The lowest BCUT2D eigenvalue weighted by molar-refractivity contribution is 0.0697. The molecule has 1 aliphatic rings. The number of likely N-dealkylation sites (tertiary alicyclic amines) is 1. The molecule has 1 fully saturated rings. The van der Waals surface area contributed by atoms with Crippen LogP contribution in [0, 0.1) is 5.92 Å². The van der Waals surface area contributed by atoms with Crippen LogP contribution >= 0.6 is 0 Å². The van der Waals surface area contributed by atoms with Crippen molar-refractivity contribution in [3.05, 3.63) is 47.8 Å². The van der Waals surface area contributed by atoms with Gasteiger partial charge in [0.25, 0.3) is 0 Å². The van der Waals surface area contributed by atoms with Crippen LogP contribution in [0.25, 0.3) is 0 Å². The molecule has 25 heavy (non-hydrogen) atoms. The maximum Gasteiger partial charge on any atom is 0.335 e. The summed E-state index contributed by atoms with van der Waals surface area (Å²) in [6.45, 7) is 2.68. The third-order valence-electron chi connectivity index (χ3n) is 4.46. The van der Waals surface area contributed by atoms with Gasteiger partial charge in [0, 0.05) is 32.4 Å². The second-order valence-corrected chi connectivity index (χ2v) is 6.22. The van der Waals surface area contributed by atoms with Gasteiger partial charge in [0.15, 0.2) is 0 Å². The highest BCUT2D eigenvalue weighted by Crippen LogP contribution is 2.18. The fraction of sp³-hybridized carbons (Fsp3) is 0.412. The number of amides is 2. The van der Waals surface area contributed by atoms with E-state index in [2.05, 4.69) is 15.6 Å². The molecule has 0 radical (unpaired) electrons. The van der Waals surface area contributed by atoms with Crippen LogP contribution in [0.2, 0.25) is 0 Å². The summed E-state index contributed by atoms with van der Waals surface area (Å²) < 4.78 is 1.83. The van der Waals surface area contributed by atoms with Crippen LogP contribution in [0.4, 0.5) is 4.79 Å². The van der Waals surface area contributed by atoms with Crippen molar-refractivity contribution in [1.29, 1.82) is 0 Å². The minimum absolute atomic E-state index is 0.0819. The van der Waals surface area contributed by atoms with E-state index >= 15 is 0 Å². The van der Waals surface area contributed by atoms with Gasteiger partial charge in [0.1, 0.15) is 0 Å². The van der Waals surface area contributed by atoms with E-state index < -0.39 is 5.97 Å². The Balaban J connectivity index is 1.42. The first-order valence-electron chi connectivity index (χ1n) is 8.31. The normalized spacial score (nSPS) is 15.1. The fourth-order valence-corrected chi connectivity index (χ4v) is 2.97. The van der Waals surface area contributed by atoms with E-state index in [-0.39, 0.29) is 11.6 Å². The van der Waals surface area contributed by atoms with Crippen LogP contribution in [-0.4, -0.2) is 50.1 Å². The quantitative estimate of drug-likeness (QED) is 0.859. The number of carboxylic acids is 1. The average molecular weight is 343 g/mol. The summed E-state index contributed by atoms with van der Waals surface area (Å²) in [6.07, 6.45) is 5.42. The number of carbonyl (C=O) groups is 2. The molecule has 2 heterocycles. The van der Waals surface area contributed by atoms with E-state index in [1.165, 1.54) is 0 Å². The molecule has 0 unspecified atom stereocenters. The maximum atomic E-state index is 12.3. The van der Waals surface area contributed by atoms with Crippen molar-refractivity contribution < 1.29 is 14.7 Å². The zero-order chi connectivity index (χ0) is 17.6. The molecule has 0 atom stereocenters. The minimum Gasteiger partial charge on any atom is -0.478 e. The zero-order valence-electron chi connectivity index (χ0n) is 13.8. The predicted octanol–water partition coefficient (Wildman–Crippen LogP) is 1.60. The molecule has 2 aromatic rings. The number of hydrogen-bond acceptors (Lipinski definition) is 4. The van der Waals surface area contributed by atoms with E-state index in [0.29, 0.717) is 12.5 Å². The Kier molecular flexibility index (Phi) is 5.27. The number of carbonyl (C=O) groups excluding carboxylic acids is 1. The first kappa shape index (κ1) is 16.9. The molecule has 1 aromatic heterocycles. The number of benzene rings is 1. The van der Waals surface area contributed by atoms with Gasteiger partial charge in [0.2, 0.25) is 0 Å². The third kappa shape index (κ3) is 4.56. The Morgan fingerprint density at radius 3 is 2.52 bits per heavy atom. The van der Waals surface area contributed by atoms with Gasteiger partial charge < -0.3 is 15.3 Å². The lowest BCUT2D eigenvalue weighted by Crippen LogP contribution is -2.44. The number of urea groups is 1. The number of nitrogens with one attached hydrogen (secondary N) is 1. The minimum atomic E-state index is -0.954. The number of carboxylic acid groups (broad SMARTS) is 1. The molecule has 3 rings (SSSR count). The zero-order valence-corrected chi connectivity index (χ0v) is 13.8. The van der Waals surface area contributed by atoms with Crippen LogP contribution in [0.3, 0.4) is 0 Å². The molecule has 132 valence electrons. The number of hydrogen-bond donors (Lipinski definition) is 2. The summed E-state index contributed by atoms with van der Waals surface area (Å²) in [7, 11) is 0. The Labute approximate surface area is 145 Å². The van der Waals surface area contributed by atoms with Crippen molar-refractivity contribution in [2.24, 2.45) is 5.92 Å². The number of aromatic nitrogens is 3. The lowest BCUT2D eigenvalue weighted by Gasteiger charge is -2.31. The van der Waals surface area contributed by atoms with Crippen molar-refractivity contribution >= 4 is 12.0 Å². The van der Waals surface area contributed by atoms with E-state index in [1.807, 2.05) is 15.8 Å². The van der Waals surface area contributed by atoms with Crippen LogP contribution in [0.1, 0.15) is 28.8 Å². The van der Waals surface area contributed by atoms with Crippen molar-refractivity contribution in [3.8, 4) is 0 Å². The van der Waals surface area contributed by atoms with E-state index in [1.54, 1.807) is 30.5 Å². The SMILES string of the molecule is O=C(O)c1ccc(CNC(=O)N2CCC(Cn3ccnn3)CC2)cc1. The van der Waals surface area contributed by atoms with Crippen LogP contribution in [-0.2, 0) is 13.1 Å². The molecule has 8 heteroatoms. The molecule has 2 amide bonds. The highest BCUT2D eigenvalue weighted by Gasteiger charge is 2.23. The second-order valence-electron chi connectivity index (χ2n) is 6.22. The standard InChI is InChI=1S/C17H21N5O3/c23-16(24)15-3-1-13(2-4-15)11-18-17(25)21-8-5-14(6-9-21)12-22-10-7-19-20-22/h1-4,7,10,14H,5-6,8-9,11-12H2,(H,18,25)(H,23,24). The average Bonchev–Trinajstić information content (AvgIpc) is 3.13. The van der Waals surface area contributed by atoms with Crippen molar-refractivity contribution in [3.63, 3.8) is 0 Å². The molecular formula is C17H21N5O3. The van der Waals surface area contributed by atoms with Gasteiger partial charge in [-0.15, -0.1) is 5.10 Å². The van der Waals surface area contributed by atoms with E-state index in [0.717, 1.165) is 38.0 Å². The molecule has 0 aliphatic carbocycles. The van der Waals surface area contributed by atoms with Gasteiger partial charge in [-0.25, -0.2) is 9.59 Å². The molecule has 0 spiro atoms. The van der Waals surface area contributed by atoms with Crippen molar-refractivity contribution in [2.45, 2.75) is 25.9 Å². The molecule has 8 nitrogen and oxygen atoms in total. The maximum absolute atomic E-state index is 12.3. The highest BCUT2D eigenvalue weighted by molar-refractivity contribution is 5.87. The van der Waals surface area contributed by atoms with Crippen LogP contribution < -0.4 is 5.32 Å². The second kappa shape index (κ2) is 7.78. The Bertz CT molecular complexity index is 706. The Hall–Kier alpha value is -2.90. The van der Waals surface area contributed by atoms with Gasteiger partial charge in [-0.2, -0.15) is 0 Å². The summed E-state index contributed by atoms with van der Waals surface area (Å²) in [5.41, 5.74) is 1.11. The first-order valence-corrected chi connectivity index (χ1v) is 8.31. The van der Waals surface area contributed by atoms with Gasteiger partial charge in [-0.1, -0.05) is 17.3 Å². The molecule has 2 N–H and O–H groups in total. The molecule has 0 saturated carbocycles.